The fourth-order valence-corrected chi connectivity index (χ4v) is 2.05. The molecule has 0 spiro atoms. The van der Waals surface area contributed by atoms with Gasteiger partial charge in [0.05, 0.1) is 25.0 Å². The summed E-state index contributed by atoms with van der Waals surface area (Å²) in [6.45, 7) is 3.60. The first-order valence-electron chi connectivity index (χ1n) is 6.00. The van der Waals surface area contributed by atoms with Crippen molar-refractivity contribution in [3.05, 3.63) is 41.7 Å². The van der Waals surface area contributed by atoms with Crippen molar-refractivity contribution in [2.24, 2.45) is 0 Å². The van der Waals surface area contributed by atoms with Crippen LogP contribution in [0.4, 0.5) is 0 Å². The molecule has 2 aromatic heterocycles. The van der Waals surface area contributed by atoms with Crippen molar-refractivity contribution in [1.29, 1.82) is 0 Å². The number of hydrogen-bond donors (Lipinski definition) is 0. The molecule has 0 N–H and O–H groups in total. The smallest absolute Gasteiger partial charge is 0.150 e. The molecule has 3 rings (SSSR count). The molecule has 4 nitrogen and oxygen atoms in total. The molecule has 0 amide bonds. The summed E-state index contributed by atoms with van der Waals surface area (Å²) in [4.78, 5) is 2.39. The second-order valence-electron chi connectivity index (χ2n) is 4.65. The SMILES string of the molecule is Cc1cc(CN(Cc2ccco2)C2CC2)on1. The van der Waals surface area contributed by atoms with E-state index in [9.17, 15) is 0 Å². The lowest BCUT2D eigenvalue weighted by Crippen LogP contribution is -2.24. The van der Waals surface area contributed by atoms with E-state index in [1.165, 1.54) is 12.8 Å². The summed E-state index contributed by atoms with van der Waals surface area (Å²) < 4.78 is 10.7. The fourth-order valence-electron chi connectivity index (χ4n) is 2.05. The van der Waals surface area contributed by atoms with Gasteiger partial charge in [-0.3, -0.25) is 4.90 Å². The molecule has 2 heterocycles. The van der Waals surface area contributed by atoms with Gasteiger partial charge in [0.1, 0.15) is 5.76 Å². The predicted octanol–water partition coefficient (Wildman–Crippen LogP) is 2.74. The van der Waals surface area contributed by atoms with Crippen LogP contribution in [0, 0.1) is 6.92 Å². The molecular formula is C13H16N2O2. The highest BCUT2D eigenvalue weighted by Crippen LogP contribution is 2.29. The minimum atomic E-state index is 0.672. The third-order valence-electron chi connectivity index (χ3n) is 3.04. The molecule has 2 aromatic rings. The molecular weight excluding hydrogens is 216 g/mol. The van der Waals surface area contributed by atoms with E-state index < -0.39 is 0 Å². The minimum Gasteiger partial charge on any atom is -0.468 e. The molecule has 0 unspecified atom stereocenters. The van der Waals surface area contributed by atoms with Crippen LogP contribution >= 0.6 is 0 Å². The maximum absolute atomic E-state index is 5.40. The highest BCUT2D eigenvalue weighted by Gasteiger charge is 2.30. The summed E-state index contributed by atoms with van der Waals surface area (Å²) in [6, 6.07) is 6.61. The lowest BCUT2D eigenvalue weighted by Gasteiger charge is -2.18. The Hall–Kier alpha value is -1.55. The molecule has 1 aliphatic rings. The maximum atomic E-state index is 5.40. The van der Waals surface area contributed by atoms with Gasteiger partial charge in [-0.05, 0) is 31.9 Å². The standard InChI is InChI=1S/C13H16N2O2/c1-10-7-13(17-14-10)9-15(11-4-5-11)8-12-3-2-6-16-12/h2-3,6-7,11H,4-5,8-9H2,1H3. The van der Waals surface area contributed by atoms with Gasteiger partial charge in [-0.1, -0.05) is 5.16 Å². The second kappa shape index (κ2) is 4.37. The summed E-state index contributed by atoms with van der Waals surface area (Å²) >= 11 is 0. The average Bonchev–Trinajstić information content (AvgIpc) is 2.89. The molecule has 0 bridgehead atoms. The van der Waals surface area contributed by atoms with Crippen molar-refractivity contribution in [2.45, 2.75) is 38.9 Å². The van der Waals surface area contributed by atoms with Gasteiger partial charge in [0.15, 0.2) is 5.76 Å². The van der Waals surface area contributed by atoms with E-state index in [0.29, 0.717) is 6.04 Å². The topological polar surface area (TPSA) is 42.4 Å². The first-order valence-corrected chi connectivity index (χ1v) is 6.00. The van der Waals surface area contributed by atoms with E-state index >= 15 is 0 Å². The average molecular weight is 232 g/mol. The van der Waals surface area contributed by atoms with Crippen molar-refractivity contribution in [1.82, 2.24) is 10.1 Å². The Kier molecular flexibility index (Phi) is 2.73. The summed E-state index contributed by atoms with van der Waals surface area (Å²) in [5, 5.41) is 3.92. The molecule has 0 radical (unpaired) electrons. The molecule has 1 aliphatic carbocycles. The van der Waals surface area contributed by atoms with Crippen molar-refractivity contribution in [3.63, 3.8) is 0 Å². The summed E-state index contributed by atoms with van der Waals surface area (Å²) in [6.07, 6.45) is 4.26. The van der Waals surface area contributed by atoms with Gasteiger partial charge in [0.25, 0.3) is 0 Å². The molecule has 4 heteroatoms. The third kappa shape index (κ3) is 2.58. The lowest BCUT2D eigenvalue weighted by atomic mass is 10.3. The van der Waals surface area contributed by atoms with Crippen molar-refractivity contribution < 1.29 is 8.94 Å². The van der Waals surface area contributed by atoms with Gasteiger partial charge in [0, 0.05) is 12.1 Å². The number of aromatic nitrogens is 1. The summed E-state index contributed by atoms with van der Waals surface area (Å²) in [5.74, 6) is 1.94. The largest absolute Gasteiger partial charge is 0.468 e. The Labute approximate surface area is 100 Å². The molecule has 1 fully saturated rings. The number of nitrogens with zero attached hydrogens (tertiary/aromatic N) is 2. The van der Waals surface area contributed by atoms with E-state index in [4.69, 9.17) is 8.94 Å². The van der Waals surface area contributed by atoms with E-state index in [2.05, 4.69) is 10.1 Å². The van der Waals surface area contributed by atoms with Gasteiger partial charge in [-0.25, -0.2) is 0 Å². The zero-order valence-corrected chi connectivity index (χ0v) is 9.93. The Morgan fingerprint density at radius 3 is 2.76 bits per heavy atom. The first kappa shape index (κ1) is 10.6. The molecule has 17 heavy (non-hydrogen) atoms. The van der Waals surface area contributed by atoms with Gasteiger partial charge in [0.2, 0.25) is 0 Å². The van der Waals surface area contributed by atoms with Crippen molar-refractivity contribution in [2.75, 3.05) is 0 Å². The summed E-state index contributed by atoms with van der Waals surface area (Å²) in [5.41, 5.74) is 0.939. The van der Waals surface area contributed by atoms with Gasteiger partial charge >= 0.3 is 0 Å². The van der Waals surface area contributed by atoms with Crippen LogP contribution in [0.3, 0.4) is 0 Å². The second-order valence-corrected chi connectivity index (χ2v) is 4.65. The van der Waals surface area contributed by atoms with Crippen LogP contribution < -0.4 is 0 Å². The van der Waals surface area contributed by atoms with Gasteiger partial charge in [-0.15, -0.1) is 0 Å². The molecule has 0 saturated heterocycles. The zero-order chi connectivity index (χ0) is 11.7. The maximum Gasteiger partial charge on any atom is 0.150 e. The van der Waals surface area contributed by atoms with E-state index in [1.807, 2.05) is 25.1 Å². The first-order chi connectivity index (χ1) is 8.31. The monoisotopic (exact) mass is 232 g/mol. The van der Waals surface area contributed by atoms with Crippen LogP contribution in [-0.4, -0.2) is 16.1 Å². The number of furan rings is 1. The van der Waals surface area contributed by atoms with Crippen LogP contribution in [0.15, 0.2) is 33.4 Å². The molecule has 90 valence electrons. The molecule has 1 saturated carbocycles. The Bertz CT molecular complexity index is 471. The zero-order valence-electron chi connectivity index (χ0n) is 9.93. The van der Waals surface area contributed by atoms with E-state index in [1.54, 1.807) is 6.26 Å². The van der Waals surface area contributed by atoms with Crippen LogP contribution in [-0.2, 0) is 13.1 Å². The van der Waals surface area contributed by atoms with E-state index in [0.717, 1.165) is 30.3 Å². The van der Waals surface area contributed by atoms with E-state index in [-0.39, 0.29) is 0 Å². The van der Waals surface area contributed by atoms with Crippen molar-refractivity contribution >= 4 is 0 Å². The quantitative estimate of drug-likeness (QED) is 0.795. The molecule has 0 aliphatic heterocycles. The van der Waals surface area contributed by atoms with Crippen molar-refractivity contribution in [3.8, 4) is 0 Å². The van der Waals surface area contributed by atoms with Gasteiger partial charge < -0.3 is 8.94 Å². The predicted molar refractivity (Wildman–Crippen MR) is 62.2 cm³/mol. The summed E-state index contributed by atoms with van der Waals surface area (Å²) in [7, 11) is 0. The van der Waals surface area contributed by atoms with Crippen LogP contribution in [0.1, 0.15) is 30.1 Å². The number of rotatable bonds is 5. The number of hydrogen-bond acceptors (Lipinski definition) is 4. The van der Waals surface area contributed by atoms with Crippen LogP contribution in [0.25, 0.3) is 0 Å². The normalized spacial score (nSPS) is 15.6. The van der Waals surface area contributed by atoms with Gasteiger partial charge in [-0.2, -0.15) is 0 Å². The number of aryl methyl sites for hydroxylation is 1. The van der Waals surface area contributed by atoms with Crippen LogP contribution in [0.2, 0.25) is 0 Å². The van der Waals surface area contributed by atoms with Crippen LogP contribution in [0.5, 0.6) is 0 Å². The molecule has 0 aromatic carbocycles. The fraction of sp³-hybridized carbons (Fsp3) is 0.462. The Morgan fingerprint density at radius 1 is 1.35 bits per heavy atom. The minimum absolute atomic E-state index is 0.672. The molecule has 0 atom stereocenters. The Balaban J connectivity index is 1.68. The highest BCUT2D eigenvalue weighted by atomic mass is 16.5. The lowest BCUT2D eigenvalue weighted by molar-refractivity contribution is 0.199. The Morgan fingerprint density at radius 2 is 2.18 bits per heavy atom. The third-order valence-corrected chi connectivity index (χ3v) is 3.04. The highest BCUT2D eigenvalue weighted by molar-refractivity contribution is 5.05.